The quantitative estimate of drug-likeness (QED) is 0.277. The first-order valence-corrected chi connectivity index (χ1v) is 9.05. The standard InChI is InChI=1S/C23H15F3N2O2/c24-23(25,26)19-15-18(11-12-22(19)28(29)30)27-20(16-7-3-1-4-8-16)13-14-21(27)17-9-5-2-6-10-17/h1-15H. The minimum atomic E-state index is -4.86. The van der Waals surface area contributed by atoms with Crippen LogP contribution >= 0.6 is 0 Å². The zero-order valence-electron chi connectivity index (χ0n) is 15.5. The third-order valence-electron chi connectivity index (χ3n) is 4.76. The van der Waals surface area contributed by atoms with Crippen LogP contribution in [0.4, 0.5) is 18.9 Å². The van der Waals surface area contributed by atoms with Gasteiger partial charge in [-0.15, -0.1) is 0 Å². The van der Waals surface area contributed by atoms with Gasteiger partial charge in [-0.05, 0) is 35.4 Å². The van der Waals surface area contributed by atoms with Gasteiger partial charge < -0.3 is 4.57 Å². The Kier molecular flexibility index (Phi) is 4.87. The Balaban J connectivity index is 2.00. The highest BCUT2D eigenvalue weighted by atomic mass is 19.4. The number of halogens is 3. The van der Waals surface area contributed by atoms with Crippen LogP contribution in [0, 0.1) is 10.1 Å². The van der Waals surface area contributed by atoms with Crippen molar-refractivity contribution in [2.45, 2.75) is 6.18 Å². The van der Waals surface area contributed by atoms with Gasteiger partial charge in [0, 0.05) is 11.8 Å². The maximum Gasteiger partial charge on any atom is 0.423 e. The fourth-order valence-corrected chi connectivity index (χ4v) is 3.43. The molecule has 150 valence electrons. The van der Waals surface area contributed by atoms with E-state index in [9.17, 15) is 23.3 Å². The van der Waals surface area contributed by atoms with Crippen LogP contribution in [0.15, 0.2) is 91.0 Å². The number of aromatic nitrogens is 1. The number of nitro benzene ring substituents is 1. The molecule has 0 unspecified atom stereocenters. The van der Waals surface area contributed by atoms with Crippen molar-refractivity contribution in [1.82, 2.24) is 4.57 Å². The molecule has 0 amide bonds. The van der Waals surface area contributed by atoms with Gasteiger partial charge in [-0.25, -0.2) is 0 Å². The molecule has 0 saturated heterocycles. The van der Waals surface area contributed by atoms with Crippen molar-refractivity contribution < 1.29 is 18.1 Å². The summed E-state index contributed by atoms with van der Waals surface area (Å²) in [5.41, 5.74) is 0.916. The Bertz CT molecular complexity index is 1140. The predicted octanol–water partition coefficient (Wildman–Crippen LogP) is 6.74. The molecule has 4 rings (SSSR count). The lowest BCUT2D eigenvalue weighted by Gasteiger charge is -2.16. The molecule has 0 N–H and O–H groups in total. The third kappa shape index (κ3) is 3.57. The molecule has 4 aromatic rings. The smallest absolute Gasteiger partial charge is 0.309 e. The zero-order valence-corrected chi connectivity index (χ0v) is 15.5. The average Bonchev–Trinajstić information content (AvgIpc) is 3.19. The van der Waals surface area contributed by atoms with Crippen LogP contribution in [0.1, 0.15) is 5.56 Å². The molecule has 3 aromatic carbocycles. The first-order chi connectivity index (χ1) is 14.4. The molecule has 1 aromatic heterocycles. The predicted molar refractivity (Wildman–Crippen MR) is 108 cm³/mol. The first-order valence-electron chi connectivity index (χ1n) is 9.05. The molecule has 0 atom stereocenters. The highest BCUT2D eigenvalue weighted by Crippen LogP contribution is 2.39. The number of nitrogens with zero attached hydrogens (tertiary/aromatic N) is 2. The fraction of sp³-hybridized carbons (Fsp3) is 0.0435. The van der Waals surface area contributed by atoms with Gasteiger partial charge in [-0.1, -0.05) is 60.7 Å². The molecule has 4 nitrogen and oxygen atoms in total. The van der Waals surface area contributed by atoms with E-state index in [1.807, 2.05) is 72.8 Å². The topological polar surface area (TPSA) is 48.1 Å². The van der Waals surface area contributed by atoms with Crippen LogP contribution in [-0.2, 0) is 6.18 Å². The maximum absolute atomic E-state index is 13.6. The average molecular weight is 408 g/mol. The molecule has 0 fully saturated rings. The minimum absolute atomic E-state index is 0.190. The van der Waals surface area contributed by atoms with E-state index in [1.165, 1.54) is 6.07 Å². The highest BCUT2D eigenvalue weighted by Gasteiger charge is 2.38. The van der Waals surface area contributed by atoms with Crippen LogP contribution < -0.4 is 0 Å². The summed E-state index contributed by atoms with van der Waals surface area (Å²) in [5.74, 6) is 0. The van der Waals surface area contributed by atoms with E-state index in [0.717, 1.165) is 23.3 Å². The Hall–Kier alpha value is -3.87. The van der Waals surface area contributed by atoms with Crippen molar-refractivity contribution in [3.8, 4) is 28.2 Å². The number of alkyl halides is 3. The van der Waals surface area contributed by atoms with Crippen LogP contribution in [0.5, 0.6) is 0 Å². The maximum atomic E-state index is 13.6. The number of hydrogen-bond acceptors (Lipinski definition) is 2. The summed E-state index contributed by atoms with van der Waals surface area (Å²) in [6.45, 7) is 0. The molecule has 0 spiro atoms. The molecule has 1 heterocycles. The third-order valence-corrected chi connectivity index (χ3v) is 4.76. The highest BCUT2D eigenvalue weighted by molar-refractivity contribution is 5.73. The minimum Gasteiger partial charge on any atom is -0.309 e. The van der Waals surface area contributed by atoms with Crippen molar-refractivity contribution >= 4 is 5.69 Å². The summed E-state index contributed by atoms with van der Waals surface area (Å²) in [6, 6.07) is 25.2. The van der Waals surface area contributed by atoms with Gasteiger partial charge >= 0.3 is 6.18 Å². The molecule has 0 aliphatic carbocycles. The first kappa shape index (κ1) is 19.4. The number of nitro groups is 1. The lowest BCUT2D eigenvalue weighted by Crippen LogP contribution is -2.10. The van der Waals surface area contributed by atoms with Crippen molar-refractivity contribution in [1.29, 1.82) is 0 Å². The molecule has 0 radical (unpaired) electrons. The second-order valence-corrected chi connectivity index (χ2v) is 6.63. The molecule has 0 aliphatic rings. The van der Waals surface area contributed by atoms with Crippen LogP contribution in [-0.4, -0.2) is 9.49 Å². The van der Waals surface area contributed by atoms with Crippen LogP contribution in [0.2, 0.25) is 0 Å². The SMILES string of the molecule is O=[N+]([O-])c1ccc(-n2c(-c3ccccc3)ccc2-c2ccccc2)cc1C(F)(F)F. The molecular formula is C23H15F3N2O2. The summed E-state index contributed by atoms with van der Waals surface area (Å²) in [5, 5.41) is 11.1. The van der Waals surface area contributed by atoms with Gasteiger partial charge in [-0.3, -0.25) is 10.1 Å². The summed E-state index contributed by atoms with van der Waals surface area (Å²) in [4.78, 5) is 10.1. The van der Waals surface area contributed by atoms with Crippen LogP contribution in [0.3, 0.4) is 0 Å². The van der Waals surface area contributed by atoms with Crippen molar-refractivity contribution in [3.05, 3.63) is 107 Å². The zero-order chi connectivity index (χ0) is 21.3. The second kappa shape index (κ2) is 7.51. The lowest BCUT2D eigenvalue weighted by molar-refractivity contribution is -0.388. The van der Waals surface area contributed by atoms with Gasteiger partial charge in [0.05, 0.1) is 16.3 Å². The molecule has 0 bridgehead atoms. The van der Waals surface area contributed by atoms with E-state index in [-0.39, 0.29) is 5.69 Å². The molecule has 7 heteroatoms. The summed E-state index contributed by atoms with van der Waals surface area (Å²) in [6.07, 6.45) is -4.86. The van der Waals surface area contributed by atoms with E-state index in [1.54, 1.807) is 4.57 Å². The van der Waals surface area contributed by atoms with Crippen molar-refractivity contribution in [3.63, 3.8) is 0 Å². The van der Waals surface area contributed by atoms with Crippen molar-refractivity contribution in [2.75, 3.05) is 0 Å². The van der Waals surface area contributed by atoms with E-state index >= 15 is 0 Å². The Labute approximate surface area is 170 Å². The van der Waals surface area contributed by atoms with Gasteiger partial charge in [0.15, 0.2) is 0 Å². The van der Waals surface area contributed by atoms with Gasteiger partial charge in [0.1, 0.15) is 5.56 Å². The Morgan fingerprint density at radius 3 is 1.67 bits per heavy atom. The number of rotatable bonds is 4. The van der Waals surface area contributed by atoms with E-state index in [2.05, 4.69) is 0 Å². The Morgan fingerprint density at radius 2 is 1.23 bits per heavy atom. The van der Waals surface area contributed by atoms with Gasteiger partial charge in [-0.2, -0.15) is 13.2 Å². The van der Waals surface area contributed by atoms with E-state index in [0.29, 0.717) is 11.4 Å². The lowest BCUT2D eigenvalue weighted by atomic mass is 10.1. The van der Waals surface area contributed by atoms with Crippen molar-refractivity contribution in [2.24, 2.45) is 0 Å². The normalized spacial score (nSPS) is 11.4. The van der Waals surface area contributed by atoms with E-state index in [4.69, 9.17) is 0 Å². The number of hydrogen-bond donors (Lipinski definition) is 0. The molecule has 30 heavy (non-hydrogen) atoms. The van der Waals surface area contributed by atoms with Crippen LogP contribution in [0.25, 0.3) is 28.2 Å². The molecule has 0 aliphatic heterocycles. The second-order valence-electron chi connectivity index (χ2n) is 6.63. The molecule has 0 saturated carbocycles. The monoisotopic (exact) mass is 408 g/mol. The largest absolute Gasteiger partial charge is 0.423 e. The number of benzene rings is 3. The van der Waals surface area contributed by atoms with Gasteiger partial charge in [0.25, 0.3) is 5.69 Å². The van der Waals surface area contributed by atoms with E-state index < -0.39 is 22.4 Å². The fourth-order valence-electron chi connectivity index (χ4n) is 3.43. The summed E-state index contributed by atoms with van der Waals surface area (Å²) in [7, 11) is 0. The molecular weight excluding hydrogens is 393 g/mol. The summed E-state index contributed by atoms with van der Waals surface area (Å²) >= 11 is 0. The van der Waals surface area contributed by atoms with Gasteiger partial charge in [0.2, 0.25) is 0 Å². The summed E-state index contributed by atoms with van der Waals surface area (Å²) < 4.78 is 42.4. The Morgan fingerprint density at radius 1 is 0.733 bits per heavy atom.